The second-order valence-electron chi connectivity index (χ2n) is 5.58. The summed E-state index contributed by atoms with van der Waals surface area (Å²) in [5, 5.41) is 25.8. The van der Waals surface area contributed by atoms with E-state index in [2.05, 4.69) is 35.7 Å². The summed E-state index contributed by atoms with van der Waals surface area (Å²) in [6.45, 7) is 0. The van der Waals surface area contributed by atoms with E-state index in [1.807, 2.05) is 54.6 Å². The second kappa shape index (κ2) is 6.19. The first-order valence-corrected chi connectivity index (χ1v) is 8.93. The number of benzene rings is 2. The summed E-state index contributed by atoms with van der Waals surface area (Å²) in [6, 6.07) is 17.6. The maximum atomic E-state index is 4.53. The van der Waals surface area contributed by atoms with Gasteiger partial charge in [-0.15, -0.1) is 15.3 Å². The fraction of sp³-hybridized carbons (Fsp3) is 0.0588. The van der Waals surface area contributed by atoms with Crippen molar-refractivity contribution in [2.24, 2.45) is 0 Å². The number of nitrogens with one attached hydrogen (secondary N) is 1. The van der Waals surface area contributed by atoms with Crippen LogP contribution in [-0.4, -0.2) is 40.2 Å². The maximum Gasteiger partial charge on any atom is 0.214 e. The lowest BCUT2D eigenvalue weighted by molar-refractivity contribution is 0.745. The summed E-state index contributed by atoms with van der Waals surface area (Å²) in [7, 11) is 0. The standard InChI is InChI=1S/C17H12N8S/c1-2-6-11(7-3-1)15-18-14(20-21-15)10-26-17-23-22-16-12-8-4-5-9-13(12)19-24-25(16)17/h1-9H,10H2,(H,18,20,21). The molecule has 8 nitrogen and oxygen atoms in total. The van der Waals surface area contributed by atoms with E-state index < -0.39 is 0 Å². The first-order valence-electron chi connectivity index (χ1n) is 7.95. The molecule has 1 N–H and O–H groups in total. The van der Waals surface area contributed by atoms with Crippen molar-refractivity contribution in [3.8, 4) is 11.4 Å². The SMILES string of the molecule is c1ccc(-c2n[nH]c(CSc3nnc4c5ccccc5nnn34)n2)cc1. The maximum absolute atomic E-state index is 4.53. The Bertz CT molecular complexity index is 1200. The first-order chi connectivity index (χ1) is 12.9. The van der Waals surface area contributed by atoms with Crippen molar-refractivity contribution in [1.82, 2.24) is 40.2 Å². The zero-order chi connectivity index (χ0) is 17.3. The smallest absolute Gasteiger partial charge is 0.214 e. The van der Waals surface area contributed by atoms with Crippen LogP contribution in [0.2, 0.25) is 0 Å². The Morgan fingerprint density at radius 1 is 0.923 bits per heavy atom. The molecule has 0 amide bonds. The molecule has 0 unspecified atom stereocenters. The highest BCUT2D eigenvalue weighted by molar-refractivity contribution is 7.98. The molecule has 0 aliphatic carbocycles. The molecular formula is C17H12N8S. The van der Waals surface area contributed by atoms with Gasteiger partial charge in [0.25, 0.3) is 0 Å². The summed E-state index contributed by atoms with van der Waals surface area (Å²) in [6.07, 6.45) is 0. The van der Waals surface area contributed by atoms with Gasteiger partial charge in [0.05, 0.1) is 11.3 Å². The molecule has 3 heterocycles. The van der Waals surface area contributed by atoms with Gasteiger partial charge >= 0.3 is 0 Å². The highest BCUT2D eigenvalue weighted by Gasteiger charge is 2.13. The lowest BCUT2D eigenvalue weighted by Gasteiger charge is -1.99. The molecular weight excluding hydrogens is 348 g/mol. The number of H-pyrrole nitrogens is 1. The molecule has 5 aromatic rings. The molecule has 2 aromatic carbocycles. The van der Waals surface area contributed by atoms with Crippen LogP contribution in [0.25, 0.3) is 27.9 Å². The van der Waals surface area contributed by atoms with E-state index >= 15 is 0 Å². The molecule has 0 radical (unpaired) electrons. The van der Waals surface area contributed by atoms with Gasteiger partial charge < -0.3 is 0 Å². The van der Waals surface area contributed by atoms with Crippen LogP contribution in [-0.2, 0) is 5.75 Å². The highest BCUT2D eigenvalue weighted by Crippen LogP contribution is 2.23. The molecule has 0 saturated heterocycles. The molecule has 0 aliphatic rings. The van der Waals surface area contributed by atoms with Gasteiger partial charge in [0, 0.05) is 10.9 Å². The van der Waals surface area contributed by atoms with Crippen LogP contribution in [0, 0.1) is 0 Å². The van der Waals surface area contributed by atoms with Gasteiger partial charge in [0.1, 0.15) is 5.82 Å². The van der Waals surface area contributed by atoms with E-state index in [0.717, 1.165) is 22.3 Å². The van der Waals surface area contributed by atoms with Crippen LogP contribution in [0.1, 0.15) is 5.82 Å². The summed E-state index contributed by atoms with van der Waals surface area (Å²) in [5.41, 5.74) is 2.47. The molecule has 0 atom stereocenters. The Labute approximate surface area is 151 Å². The molecule has 3 aromatic heterocycles. The normalized spacial score (nSPS) is 11.4. The summed E-state index contributed by atoms with van der Waals surface area (Å²) in [5.74, 6) is 2.02. The molecule has 0 fully saturated rings. The Hall–Kier alpha value is -3.33. The van der Waals surface area contributed by atoms with E-state index in [-0.39, 0.29) is 0 Å². The third kappa shape index (κ3) is 2.58. The predicted molar refractivity (Wildman–Crippen MR) is 97.5 cm³/mol. The molecule has 0 aliphatic heterocycles. The van der Waals surface area contributed by atoms with E-state index in [4.69, 9.17) is 0 Å². The Kier molecular flexibility index (Phi) is 3.56. The highest BCUT2D eigenvalue weighted by atomic mass is 32.2. The summed E-state index contributed by atoms with van der Waals surface area (Å²) >= 11 is 1.48. The van der Waals surface area contributed by atoms with E-state index in [9.17, 15) is 0 Å². The van der Waals surface area contributed by atoms with Gasteiger partial charge in [-0.2, -0.15) is 9.61 Å². The quantitative estimate of drug-likeness (QED) is 0.492. The number of fused-ring (bicyclic) bond motifs is 3. The van der Waals surface area contributed by atoms with Crippen LogP contribution < -0.4 is 0 Å². The van der Waals surface area contributed by atoms with Crippen molar-refractivity contribution in [1.29, 1.82) is 0 Å². The van der Waals surface area contributed by atoms with Crippen molar-refractivity contribution < 1.29 is 0 Å². The van der Waals surface area contributed by atoms with Gasteiger partial charge in [-0.3, -0.25) is 5.10 Å². The third-order valence-electron chi connectivity index (χ3n) is 3.90. The zero-order valence-electron chi connectivity index (χ0n) is 13.4. The minimum absolute atomic E-state index is 0.579. The number of thioether (sulfide) groups is 1. The molecule has 26 heavy (non-hydrogen) atoms. The second-order valence-corrected chi connectivity index (χ2v) is 6.53. The fourth-order valence-corrected chi connectivity index (χ4v) is 3.39. The van der Waals surface area contributed by atoms with E-state index in [1.165, 1.54) is 11.8 Å². The average molecular weight is 360 g/mol. The molecule has 0 bridgehead atoms. The number of rotatable bonds is 4. The third-order valence-corrected chi connectivity index (χ3v) is 4.83. The number of aromatic amines is 1. The van der Waals surface area contributed by atoms with Crippen LogP contribution in [0.4, 0.5) is 0 Å². The Morgan fingerprint density at radius 3 is 2.69 bits per heavy atom. The molecule has 0 spiro atoms. The minimum atomic E-state index is 0.579. The zero-order valence-corrected chi connectivity index (χ0v) is 14.3. The lowest BCUT2D eigenvalue weighted by Crippen LogP contribution is -1.98. The first kappa shape index (κ1) is 15.0. The van der Waals surface area contributed by atoms with Crippen LogP contribution in [0.5, 0.6) is 0 Å². The topological polar surface area (TPSA) is 97.5 Å². The molecule has 126 valence electrons. The molecule has 9 heteroatoms. The number of hydrogen-bond donors (Lipinski definition) is 1. The van der Waals surface area contributed by atoms with Gasteiger partial charge in [-0.1, -0.05) is 59.4 Å². The summed E-state index contributed by atoms with van der Waals surface area (Å²) < 4.78 is 1.65. The van der Waals surface area contributed by atoms with Gasteiger partial charge in [-0.05, 0) is 12.1 Å². The van der Waals surface area contributed by atoms with Gasteiger partial charge in [0.15, 0.2) is 11.5 Å². The Morgan fingerprint density at radius 2 is 1.77 bits per heavy atom. The largest absolute Gasteiger partial charge is 0.262 e. The van der Waals surface area contributed by atoms with Crippen molar-refractivity contribution in [2.75, 3.05) is 0 Å². The number of aromatic nitrogens is 8. The summed E-state index contributed by atoms with van der Waals surface area (Å²) in [4.78, 5) is 4.53. The molecule has 5 rings (SSSR count). The minimum Gasteiger partial charge on any atom is -0.262 e. The number of hydrogen-bond acceptors (Lipinski definition) is 7. The van der Waals surface area contributed by atoms with Crippen molar-refractivity contribution in [3.05, 3.63) is 60.4 Å². The fourth-order valence-electron chi connectivity index (χ4n) is 2.66. The van der Waals surface area contributed by atoms with Crippen LogP contribution in [0.15, 0.2) is 59.8 Å². The van der Waals surface area contributed by atoms with E-state index in [1.54, 1.807) is 4.52 Å². The molecule has 0 saturated carbocycles. The van der Waals surface area contributed by atoms with Crippen molar-refractivity contribution in [3.63, 3.8) is 0 Å². The van der Waals surface area contributed by atoms with Gasteiger partial charge in [-0.25, -0.2) is 4.98 Å². The average Bonchev–Trinajstić information content (AvgIpc) is 3.34. The number of nitrogens with zero attached hydrogens (tertiary/aromatic N) is 7. The van der Waals surface area contributed by atoms with Crippen LogP contribution in [0.3, 0.4) is 0 Å². The monoisotopic (exact) mass is 360 g/mol. The van der Waals surface area contributed by atoms with E-state index in [0.29, 0.717) is 22.4 Å². The predicted octanol–water partition coefficient (Wildman–Crippen LogP) is 2.75. The van der Waals surface area contributed by atoms with Crippen LogP contribution >= 0.6 is 11.8 Å². The van der Waals surface area contributed by atoms with Gasteiger partial charge in [0.2, 0.25) is 5.16 Å². The van der Waals surface area contributed by atoms with Crippen molar-refractivity contribution in [2.45, 2.75) is 10.9 Å². The van der Waals surface area contributed by atoms with Crippen molar-refractivity contribution >= 4 is 28.3 Å². The Balaban J connectivity index is 1.41. The lowest BCUT2D eigenvalue weighted by atomic mass is 10.2.